The first-order chi connectivity index (χ1) is 16.9. The van der Waals surface area contributed by atoms with Gasteiger partial charge in [0.25, 0.3) is 0 Å². The molecule has 1 N–H and O–H groups in total. The van der Waals surface area contributed by atoms with Gasteiger partial charge in [0.1, 0.15) is 24.6 Å². The number of hydrogen-bond donors (Lipinski definition) is 1. The highest BCUT2D eigenvalue weighted by Crippen LogP contribution is 2.26. The highest BCUT2D eigenvalue weighted by molar-refractivity contribution is 6.42. The monoisotopic (exact) mass is 532 g/mol. The maximum absolute atomic E-state index is 10.8. The van der Waals surface area contributed by atoms with Gasteiger partial charge in [0, 0.05) is 36.6 Å². The highest BCUT2D eigenvalue weighted by Gasteiger charge is 2.26. The molecule has 0 radical (unpaired) electrons. The van der Waals surface area contributed by atoms with Crippen molar-refractivity contribution in [1.29, 1.82) is 0 Å². The molecule has 0 bridgehead atoms. The number of ether oxygens (including phenoxy) is 1. The van der Waals surface area contributed by atoms with Crippen molar-refractivity contribution >= 4 is 40.5 Å². The van der Waals surface area contributed by atoms with Gasteiger partial charge in [-0.15, -0.1) is 0 Å². The SMILES string of the molecule is Cc1ccccc1OC[C@@H](O)CN(Cc1cccc(Cl)c1)C[C@H]1CC(c2ccc(Cl)c(Cl)c2)=NO1. The predicted octanol–water partition coefficient (Wildman–Crippen LogP) is 6.39. The second kappa shape index (κ2) is 12.1. The molecule has 3 aromatic rings. The maximum Gasteiger partial charge on any atom is 0.145 e. The van der Waals surface area contributed by atoms with Gasteiger partial charge in [-0.2, -0.15) is 0 Å². The molecular weight excluding hydrogens is 507 g/mol. The number of rotatable bonds is 10. The number of halogens is 3. The number of nitrogens with zero attached hydrogens (tertiary/aromatic N) is 2. The maximum atomic E-state index is 10.8. The fourth-order valence-corrected chi connectivity index (χ4v) is 4.52. The van der Waals surface area contributed by atoms with E-state index in [1.54, 1.807) is 12.1 Å². The summed E-state index contributed by atoms with van der Waals surface area (Å²) >= 11 is 18.4. The molecule has 0 unspecified atom stereocenters. The van der Waals surface area contributed by atoms with E-state index in [1.807, 2.05) is 61.5 Å². The van der Waals surface area contributed by atoms with Crippen molar-refractivity contribution in [2.45, 2.75) is 32.1 Å². The van der Waals surface area contributed by atoms with Crippen LogP contribution in [0.25, 0.3) is 0 Å². The van der Waals surface area contributed by atoms with E-state index in [4.69, 9.17) is 44.4 Å². The topological polar surface area (TPSA) is 54.3 Å². The van der Waals surface area contributed by atoms with E-state index in [-0.39, 0.29) is 12.7 Å². The molecule has 2 atom stereocenters. The van der Waals surface area contributed by atoms with Crippen molar-refractivity contribution in [3.05, 3.63) is 98.5 Å². The molecule has 4 rings (SSSR count). The van der Waals surface area contributed by atoms with Crippen LogP contribution >= 0.6 is 34.8 Å². The third-order valence-corrected chi connectivity index (χ3v) is 6.71. The van der Waals surface area contributed by atoms with Crippen LogP contribution in [-0.4, -0.2) is 47.6 Å². The van der Waals surface area contributed by atoms with Gasteiger partial charge in [0.15, 0.2) is 0 Å². The molecule has 0 fully saturated rings. The Morgan fingerprint density at radius 2 is 1.89 bits per heavy atom. The summed E-state index contributed by atoms with van der Waals surface area (Å²) in [5.74, 6) is 0.770. The minimum absolute atomic E-state index is 0.164. The van der Waals surface area contributed by atoms with Crippen LogP contribution in [0, 0.1) is 6.92 Å². The number of oxime groups is 1. The smallest absolute Gasteiger partial charge is 0.145 e. The van der Waals surface area contributed by atoms with Gasteiger partial charge in [-0.05, 0) is 48.4 Å². The lowest BCUT2D eigenvalue weighted by Crippen LogP contribution is -2.39. The summed E-state index contributed by atoms with van der Waals surface area (Å²) in [6.45, 7) is 3.75. The summed E-state index contributed by atoms with van der Waals surface area (Å²) in [5.41, 5.74) is 3.78. The summed E-state index contributed by atoms with van der Waals surface area (Å²) < 4.78 is 5.86. The van der Waals surface area contributed by atoms with Crippen molar-refractivity contribution in [2.75, 3.05) is 19.7 Å². The van der Waals surface area contributed by atoms with E-state index in [0.717, 1.165) is 28.2 Å². The Morgan fingerprint density at radius 1 is 1.06 bits per heavy atom. The Bertz CT molecular complexity index is 1190. The van der Waals surface area contributed by atoms with Gasteiger partial charge in [-0.3, -0.25) is 4.90 Å². The van der Waals surface area contributed by atoms with Crippen LogP contribution in [-0.2, 0) is 11.4 Å². The van der Waals surface area contributed by atoms with E-state index in [2.05, 4.69) is 10.1 Å². The van der Waals surface area contributed by atoms with Crippen molar-refractivity contribution in [3.8, 4) is 5.75 Å². The predicted molar refractivity (Wildman–Crippen MR) is 142 cm³/mol. The van der Waals surface area contributed by atoms with Gasteiger partial charge < -0.3 is 14.7 Å². The van der Waals surface area contributed by atoms with Crippen molar-refractivity contribution < 1.29 is 14.7 Å². The Balaban J connectivity index is 1.39. The average Bonchev–Trinajstić information content (AvgIpc) is 3.29. The zero-order valence-corrected chi connectivity index (χ0v) is 21.6. The Kier molecular flexibility index (Phi) is 8.93. The van der Waals surface area contributed by atoms with Gasteiger partial charge >= 0.3 is 0 Å². The van der Waals surface area contributed by atoms with E-state index >= 15 is 0 Å². The second-order valence-corrected chi connectivity index (χ2v) is 9.90. The normalized spacial score (nSPS) is 16.2. The number of benzene rings is 3. The third-order valence-electron chi connectivity index (χ3n) is 5.74. The lowest BCUT2D eigenvalue weighted by molar-refractivity contribution is 0.0212. The van der Waals surface area contributed by atoms with Crippen LogP contribution in [0.4, 0.5) is 0 Å². The van der Waals surface area contributed by atoms with Crippen LogP contribution in [0.1, 0.15) is 23.1 Å². The van der Waals surface area contributed by atoms with Crippen LogP contribution in [0.2, 0.25) is 15.1 Å². The number of hydrogen-bond acceptors (Lipinski definition) is 5. The zero-order chi connectivity index (χ0) is 24.8. The molecular formula is C27H27Cl3N2O3. The summed E-state index contributed by atoms with van der Waals surface area (Å²) in [7, 11) is 0. The van der Waals surface area contributed by atoms with Crippen molar-refractivity contribution in [2.24, 2.45) is 5.16 Å². The van der Waals surface area contributed by atoms with Gasteiger partial charge in [0.05, 0.1) is 15.8 Å². The molecule has 0 amide bonds. The summed E-state index contributed by atoms with van der Waals surface area (Å²) in [4.78, 5) is 7.87. The van der Waals surface area contributed by atoms with E-state index in [0.29, 0.717) is 41.1 Å². The Labute approximate surface area is 220 Å². The molecule has 0 saturated heterocycles. The molecule has 1 aliphatic heterocycles. The number of para-hydroxylation sites is 1. The molecule has 8 heteroatoms. The zero-order valence-electron chi connectivity index (χ0n) is 19.3. The molecule has 5 nitrogen and oxygen atoms in total. The highest BCUT2D eigenvalue weighted by atomic mass is 35.5. The second-order valence-electron chi connectivity index (χ2n) is 8.65. The molecule has 0 aliphatic carbocycles. The minimum Gasteiger partial charge on any atom is -0.491 e. The lowest BCUT2D eigenvalue weighted by atomic mass is 10.0. The quantitative estimate of drug-likeness (QED) is 0.328. The molecule has 3 aromatic carbocycles. The first-order valence-electron chi connectivity index (χ1n) is 11.4. The lowest BCUT2D eigenvalue weighted by Gasteiger charge is -2.27. The van der Waals surface area contributed by atoms with Gasteiger partial charge in [0.2, 0.25) is 0 Å². The molecule has 1 aliphatic rings. The van der Waals surface area contributed by atoms with Crippen LogP contribution in [0.5, 0.6) is 5.75 Å². The Hall–Kier alpha value is -2.28. The average molecular weight is 534 g/mol. The summed E-state index contributed by atoms with van der Waals surface area (Å²) in [6.07, 6.45) is -0.228. The molecule has 35 heavy (non-hydrogen) atoms. The molecule has 0 spiro atoms. The summed E-state index contributed by atoms with van der Waals surface area (Å²) in [5, 5.41) is 16.7. The third kappa shape index (κ3) is 7.35. The molecule has 0 saturated carbocycles. The Morgan fingerprint density at radius 3 is 2.66 bits per heavy atom. The molecule has 184 valence electrons. The standard InChI is InChI=1S/C27H27Cl3N2O3/c1-18-5-2-3-8-27(18)34-17-22(33)15-32(14-19-6-4-7-21(28)11-19)16-23-13-26(31-35-23)20-9-10-24(29)25(30)12-20/h2-12,22-23,33H,13-17H2,1H3/t22-,23+/m0/s1. The fourth-order valence-electron chi connectivity index (χ4n) is 4.01. The van der Waals surface area contributed by atoms with Gasteiger partial charge in [-0.25, -0.2) is 0 Å². The van der Waals surface area contributed by atoms with E-state index in [9.17, 15) is 5.11 Å². The minimum atomic E-state index is -0.689. The molecule has 0 aromatic heterocycles. The first-order valence-corrected chi connectivity index (χ1v) is 12.5. The summed E-state index contributed by atoms with van der Waals surface area (Å²) in [6, 6.07) is 20.9. The van der Waals surface area contributed by atoms with E-state index < -0.39 is 6.10 Å². The fraction of sp³-hybridized carbons (Fsp3) is 0.296. The largest absolute Gasteiger partial charge is 0.491 e. The molecule has 1 heterocycles. The van der Waals surface area contributed by atoms with Crippen LogP contribution in [0.3, 0.4) is 0 Å². The first kappa shape index (κ1) is 25.8. The van der Waals surface area contributed by atoms with Crippen molar-refractivity contribution in [3.63, 3.8) is 0 Å². The number of aliphatic hydroxyl groups excluding tert-OH is 1. The van der Waals surface area contributed by atoms with Crippen LogP contribution in [0.15, 0.2) is 71.9 Å². The van der Waals surface area contributed by atoms with Gasteiger partial charge in [-0.1, -0.05) is 76.4 Å². The van der Waals surface area contributed by atoms with Crippen molar-refractivity contribution in [1.82, 2.24) is 4.90 Å². The van der Waals surface area contributed by atoms with Crippen LogP contribution < -0.4 is 4.74 Å². The number of aryl methyl sites for hydroxylation is 1. The number of aliphatic hydroxyl groups is 1. The van der Waals surface area contributed by atoms with E-state index in [1.165, 1.54) is 0 Å².